The Morgan fingerprint density at radius 1 is 1.64 bits per heavy atom. The number of carbonyl (C=O) groups excluding carboxylic acids is 1. The van der Waals surface area contributed by atoms with Gasteiger partial charge in [-0.3, -0.25) is 4.79 Å². The van der Waals surface area contributed by atoms with E-state index in [9.17, 15) is 4.79 Å². The molecule has 78 valence electrons. The Morgan fingerprint density at radius 3 is 2.93 bits per heavy atom. The van der Waals surface area contributed by atoms with Crippen molar-refractivity contribution in [3.8, 4) is 0 Å². The van der Waals surface area contributed by atoms with Crippen LogP contribution in [-0.4, -0.2) is 13.0 Å². The number of rotatable bonds is 5. The Morgan fingerprint density at radius 2 is 2.43 bits per heavy atom. The van der Waals surface area contributed by atoms with Crippen LogP contribution in [0.5, 0.6) is 0 Å². The molecule has 1 heterocycles. The lowest BCUT2D eigenvalue weighted by Crippen LogP contribution is -2.20. The van der Waals surface area contributed by atoms with Gasteiger partial charge < -0.3 is 5.32 Å². The first kappa shape index (κ1) is 11.2. The highest BCUT2D eigenvalue weighted by Crippen LogP contribution is 2.28. The smallest absolute Gasteiger partial charge is 0.220 e. The van der Waals surface area contributed by atoms with Gasteiger partial charge in [0, 0.05) is 24.3 Å². The molecule has 1 N–H and O–H groups in total. The second-order valence-electron chi connectivity index (χ2n) is 3.38. The fourth-order valence-electron chi connectivity index (χ4n) is 1.54. The minimum absolute atomic E-state index is 0.136. The van der Waals surface area contributed by atoms with Gasteiger partial charge in [0.05, 0.1) is 0 Å². The van der Waals surface area contributed by atoms with Crippen molar-refractivity contribution < 1.29 is 4.79 Å². The molecule has 14 heavy (non-hydrogen) atoms. The molecule has 2 nitrogen and oxygen atoms in total. The number of carbonyl (C=O) groups is 1. The van der Waals surface area contributed by atoms with E-state index >= 15 is 0 Å². The van der Waals surface area contributed by atoms with Gasteiger partial charge in [-0.1, -0.05) is 19.4 Å². The van der Waals surface area contributed by atoms with Gasteiger partial charge in [-0.25, -0.2) is 0 Å². The molecule has 0 saturated carbocycles. The van der Waals surface area contributed by atoms with E-state index in [0.717, 1.165) is 12.8 Å². The fraction of sp³-hybridized carbons (Fsp3) is 0.545. The zero-order valence-corrected chi connectivity index (χ0v) is 9.56. The SMILES string of the molecule is CCCC(CC(=O)NC)c1cccs1. The Bertz CT molecular complexity index is 269. The molecule has 0 aromatic carbocycles. The molecule has 0 saturated heterocycles. The first-order chi connectivity index (χ1) is 6.77. The van der Waals surface area contributed by atoms with Gasteiger partial charge in [0.1, 0.15) is 0 Å². The van der Waals surface area contributed by atoms with Crippen LogP contribution in [0, 0.1) is 0 Å². The summed E-state index contributed by atoms with van der Waals surface area (Å²) in [6.07, 6.45) is 2.83. The quantitative estimate of drug-likeness (QED) is 0.797. The first-order valence-corrected chi connectivity index (χ1v) is 5.89. The van der Waals surface area contributed by atoms with Crippen LogP contribution in [0.2, 0.25) is 0 Å². The molecule has 1 aromatic rings. The second-order valence-corrected chi connectivity index (χ2v) is 4.36. The van der Waals surface area contributed by atoms with Crippen molar-refractivity contribution in [3.05, 3.63) is 22.4 Å². The zero-order chi connectivity index (χ0) is 10.4. The van der Waals surface area contributed by atoms with Crippen molar-refractivity contribution in [3.63, 3.8) is 0 Å². The van der Waals surface area contributed by atoms with Crippen molar-refractivity contribution in [1.82, 2.24) is 5.32 Å². The lowest BCUT2D eigenvalue weighted by molar-refractivity contribution is -0.121. The van der Waals surface area contributed by atoms with Gasteiger partial charge >= 0.3 is 0 Å². The summed E-state index contributed by atoms with van der Waals surface area (Å²) >= 11 is 1.74. The highest BCUT2D eigenvalue weighted by atomic mass is 32.1. The first-order valence-electron chi connectivity index (χ1n) is 5.02. The topological polar surface area (TPSA) is 29.1 Å². The molecule has 0 fully saturated rings. The van der Waals surface area contributed by atoms with E-state index in [-0.39, 0.29) is 5.91 Å². The Hall–Kier alpha value is -0.830. The normalized spacial score (nSPS) is 12.4. The summed E-state index contributed by atoms with van der Waals surface area (Å²) < 4.78 is 0. The highest BCUT2D eigenvalue weighted by Gasteiger charge is 2.14. The van der Waals surface area contributed by atoms with Crippen molar-refractivity contribution >= 4 is 17.2 Å². The van der Waals surface area contributed by atoms with E-state index in [1.807, 2.05) is 6.07 Å². The van der Waals surface area contributed by atoms with Crippen LogP contribution in [-0.2, 0) is 4.79 Å². The summed E-state index contributed by atoms with van der Waals surface area (Å²) in [6.45, 7) is 2.16. The van der Waals surface area contributed by atoms with E-state index in [0.29, 0.717) is 12.3 Å². The molecule has 1 rings (SSSR count). The van der Waals surface area contributed by atoms with Crippen LogP contribution in [0.15, 0.2) is 17.5 Å². The molecule has 0 aliphatic rings. The van der Waals surface area contributed by atoms with E-state index < -0.39 is 0 Å². The molecule has 0 aliphatic carbocycles. The fourth-order valence-corrected chi connectivity index (χ4v) is 2.41. The highest BCUT2D eigenvalue weighted by molar-refractivity contribution is 7.10. The average Bonchev–Trinajstić information content (AvgIpc) is 2.69. The standard InChI is InChI=1S/C11H17NOS/c1-3-5-9(8-11(13)12-2)10-6-4-7-14-10/h4,6-7,9H,3,5,8H2,1-2H3,(H,12,13). The molecule has 0 bridgehead atoms. The molecule has 1 unspecified atom stereocenters. The van der Waals surface area contributed by atoms with Crippen LogP contribution in [0.4, 0.5) is 0 Å². The average molecular weight is 211 g/mol. The van der Waals surface area contributed by atoms with Crippen LogP contribution in [0.1, 0.15) is 37.0 Å². The second kappa shape index (κ2) is 5.81. The van der Waals surface area contributed by atoms with Crippen molar-refractivity contribution in [2.24, 2.45) is 0 Å². The number of amides is 1. The number of thiophene rings is 1. The summed E-state index contributed by atoms with van der Waals surface area (Å²) in [5.74, 6) is 0.539. The summed E-state index contributed by atoms with van der Waals surface area (Å²) in [5, 5.41) is 4.75. The van der Waals surface area contributed by atoms with E-state index in [4.69, 9.17) is 0 Å². The van der Waals surface area contributed by atoms with Gasteiger partial charge in [-0.15, -0.1) is 11.3 Å². The maximum absolute atomic E-state index is 11.3. The predicted octanol–water partition coefficient (Wildman–Crippen LogP) is 2.77. The van der Waals surface area contributed by atoms with Crippen LogP contribution < -0.4 is 5.32 Å². The molecule has 3 heteroatoms. The Balaban J connectivity index is 2.60. The van der Waals surface area contributed by atoms with Crippen LogP contribution in [0.3, 0.4) is 0 Å². The molecule has 0 radical (unpaired) electrons. The van der Waals surface area contributed by atoms with E-state index in [2.05, 4.69) is 23.7 Å². The largest absolute Gasteiger partial charge is 0.359 e. The van der Waals surface area contributed by atoms with Crippen LogP contribution >= 0.6 is 11.3 Å². The number of hydrogen-bond donors (Lipinski definition) is 1. The molecule has 1 atom stereocenters. The third-order valence-corrected chi connectivity index (χ3v) is 3.33. The molecule has 0 aliphatic heterocycles. The predicted molar refractivity (Wildman–Crippen MR) is 60.7 cm³/mol. The third-order valence-electron chi connectivity index (χ3n) is 2.29. The molecule has 1 amide bonds. The Kier molecular flexibility index (Phi) is 4.66. The third kappa shape index (κ3) is 3.14. The number of nitrogens with one attached hydrogen (secondary N) is 1. The van der Waals surface area contributed by atoms with Crippen LogP contribution in [0.25, 0.3) is 0 Å². The minimum Gasteiger partial charge on any atom is -0.359 e. The van der Waals surface area contributed by atoms with Gasteiger partial charge in [0.25, 0.3) is 0 Å². The van der Waals surface area contributed by atoms with Gasteiger partial charge in [-0.2, -0.15) is 0 Å². The zero-order valence-electron chi connectivity index (χ0n) is 8.75. The van der Waals surface area contributed by atoms with Crippen molar-refractivity contribution in [2.45, 2.75) is 32.1 Å². The molecule has 0 spiro atoms. The maximum Gasteiger partial charge on any atom is 0.220 e. The summed E-state index contributed by atoms with van der Waals surface area (Å²) in [7, 11) is 1.69. The molecule has 1 aromatic heterocycles. The minimum atomic E-state index is 0.136. The van der Waals surface area contributed by atoms with Crippen molar-refractivity contribution in [1.29, 1.82) is 0 Å². The van der Waals surface area contributed by atoms with E-state index in [1.165, 1.54) is 4.88 Å². The van der Waals surface area contributed by atoms with Gasteiger partial charge in [-0.05, 0) is 17.9 Å². The lowest BCUT2D eigenvalue weighted by atomic mass is 9.98. The van der Waals surface area contributed by atoms with Gasteiger partial charge in [0.2, 0.25) is 5.91 Å². The maximum atomic E-state index is 11.3. The summed E-state index contributed by atoms with van der Waals surface area (Å²) in [4.78, 5) is 12.6. The van der Waals surface area contributed by atoms with Gasteiger partial charge in [0.15, 0.2) is 0 Å². The number of hydrogen-bond acceptors (Lipinski definition) is 2. The Labute approximate surface area is 89.3 Å². The van der Waals surface area contributed by atoms with E-state index in [1.54, 1.807) is 18.4 Å². The lowest BCUT2D eigenvalue weighted by Gasteiger charge is -2.12. The summed E-state index contributed by atoms with van der Waals surface area (Å²) in [5.41, 5.74) is 0. The molecular formula is C11H17NOS. The summed E-state index contributed by atoms with van der Waals surface area (Å²) in [6, 6.07) is 4.17. The molecular weight excluding hydrogens is 194 g/mol. The monoisotopic (exact) mass is 211 g/mol. The van der Waals surface area contributed by atoms with Crippen molar-refractivity contribution in [2.75, 3.05) is 7.05 Å².